The van der Waals surface area contributed by atoms with Gasteiger partial charge in [0.05, 0.1) is 0 Å². The molecule has 1 aliphatic heterocycles. The molecule has 144 valence electrons. The number of nitrogens with one attached hydrogen (secondary N) is 1. The third-order valence-electron chi connectivity index (χ3n) is 4.49. The fourth-order valence-corrected chi connectivity index (χ4v) is 3.04. The summed E-state index contributed by atoms with van der Waals surface area (Å²) >= 11 is 0. The second-order valence-electron chi connectivity index (χ2n) is 6.46. The SMILES string of the molecule is CC(=O)C1C(=O)NC1(C(=O)OCc1ccccc1)C(=O)OCc1ccccc1. The third kappa shape index (κ3) is 3.64. The van der Waals surface area contributed by atoms with E-state index >= 15 is 0 Å². The minimum absolute atomic E-state index is 0.103. The number of esters is 2. The summed E-state index contributed by atoms with van der Waals surface area (Å²) in [6.45, 7) is 0.939. The lowest BCUT2D eigenvalue weighted by atomic mass is 9.73. The van der Waals surface area contributed by atoms with E-state index in [0.717, 1.165) is 6.92 Å². The van der Waals surface area contributed by atoms with Crippen molar-refractivity contribution in [3.63, 3.8) is 0 Å². The van der Waals surface area contributed by atoms with Crippen LogP contribution >= 0.6 is 0 Å². The molecule has 1 saturated heterocycles. The molecule has 1 amide bonds. The smallest absolute Gasteiger partial charge is 0.345 e. The molecular formula is C21H19NO6. The molecular weight excluding hydrogens is 362 g/mol. The van der Waals surface area contributed by atoms with Crippen molar-refractivity contribution in [2.24, 2.45) is 5.92 Å². The molecule has 2 aromatic rings. The zero-order valence-corrected chi connectivity index (χ0v) is 15.2. The summed E-state index contributed by atoms with van der Waals surface area (Å²) in [7, 11) is 0. The maximum absolute atomic E-state index is 12.7. The Hall–Kier alpha value is -3.48. The number of ether oxygens (including phenoxy) is 2. The molecule has 1 N–H and O–H groups in total. The molecule has 1 unspecified atom stereocenters. The first-order valence-corrected chi connectivity index (χ1v) is 8.70. The second-order valence-corrected chi connectivity index (χ2v) is 6.46. The number of β-lactam (4-membered cyclic amide) rings is 1. The first kappa shape index (κ1) is 19.3. The van der Waals surface area contributed by atoms with Gasteiger partial charge in [-0.3, -0.25) is 9.59 Å². The van der Waals surface area contributed by atoms with Crippen molar-refractivity contribution in [2.75, 3.05) is 0 Å². The Morgan fingerprint density at radius 1 is 0.857 bits per heavy atom. The number of hydrogen-bond donors (Lipinski definition) is 1. The molecule has 0 bridgehead atoms. The molecule has 7 nitrogen and oxygen atoms in total. The van der Waals surface area contributed by atoms with E-state index in [-0.39, 0.29) is 13.2 Å². The van der Waals surface area contributed by atoms with Gasteiger partial charge in [0.15, 0.2) is 0 Å². The highest BCUT2D eigenvalue weighted by Crippen LogP contribution is 2.32. The number of hydrogen-bond acceptors (Lipinski definition) is 6. The van der Waals surface area contributed by atoms with Crippen LogP contribution in [0, 0.1) is 5.92 Å². The fraction of sp³-hybridized carbons (Fsp3) is 0.238. The van der Waals surface area contributed by atoms with Crippen LogP contribution in [0.1, 0.15) is 18.1 Å². The van der Waals surface area contributed by atoms with Gasteiger partial charge in [-0.2, -0.15) is 0 Å². The Bertz CT molecular complexity index is 830. The van der Waals surface area contributed by atoms with Crippen LogP contribution in [0.4, 0.5) is 0 Å². The topological polar surface area (TPSA) is 98.8 Å². The van der Waals surface area contributed by atoms with Crippen molar-refractivity contribution in [1.29, 1.82) is 0 Å². The van der Waals surface area contributed by atoms with Gasteiger partial charge in [-0.25, -0.2) is 9.59 Å². The highest BCUT2D eigenvalue weighted by atomic mass is 16.6. The number of rotatable bonds is 7. The van der Waals surface area contributed by atoms with Crippen LogP contribution in [-0.2, 0) is 41.9 Å². The van der Waals surface area contributed by atoms with Crippen molar-refractivity contribution in [2.45, 2.75) is 25.7 Å². The fourth-order valence-electron chi connectivity index (χ4n) is 3.04. The average molecular weight is 381 g/mol. The Labute approximate surface area is 161 Å². The highest BCUT2D eigenvalue weighted by Gasteiger charge is 2.68. The number of carbonyl (C=O) groups excluding carboxylic acids is 4. The van der Waals surface area contributed by atoms with Crippen LogP contribution in [0.25, 0.3) is 0 Å². The number of carbonyl (C=O) groups is 4. The van der Waals surface area contributed by atoms with E-state index in [1.807, 2.05) is 12.1 Å². The van der Waals surface area contributed by atoms with Gasteiger partial charge >= 0.3 is 11.9 Å². The molecule has 0 aliphatic carbocycles. The zero-order valence-electron chi connectivity index (χ0n) is 15.2. The van der Waals surface area contributed by atoms with Gasteiger partial charge in [0.1, 0.15) is 24.9 Å². The van der Waals surface area contributed by atoms with Crippen LogP contribution in [0.15, 0.2) is 60.7 Å². The molecule has 28 heavy (non-hydrogen) atoms. The van der Waals surface area contributed by atoms with E-state index in [0.29, 0.717) is 11.1 Å². The zero-order chi connectivity index (χ0) is 20.1. The van der Waals surface area contributed by atoms with Crippen LogP contribution in [-0.4, -0.2) is 29.2 Å². The molecule has 1 aliphatic rings. The van der Waals surface area contributed by atoms with Crippen molar-refractivity contribution in [3.05, 3.63) is 71.8 Å². The predicted molar refractivity (Wildman–Crippen MR) is 97.5 cm³/mol. The Morgan fingerprint density at radius 2 is 1.29 bits per heavy atom. The van der Waals surface area contributed by atoms with Gasteiger partial charge in [-0.05, 0) is 18.1 Å². The molecule has 7 heteroatoms. The minimum Gasteiger partial charge on any atom is -0.459 e. The van der Waals surface area contributed by atoms with E-state index in [1.54, 1.807) is 48.5 Å². The number of amides is 1. The maximum atomic E-state index is 12.7. The quantitative estimate of drug-likeness (QED) is 0.444. The van der Waals surface area contributed by atoms with Crippen molar-refractivity contribution in [1.82, 2.24) is 5.32 Å². The van der Waals surface area contributed by atoms with Gasteiger partial charge in [0, 0.05) is 0 Å². The average Bonchev–Trinajstić information content (AvgIpc) is 2.69. The second kappa shape index (κ2) is 8.04. The van der Waals surface area contributed by atoms with E-state index < -0.39 is 35.1 Å². The molecule has 0 spiro atoms. The lowest BCUT2D eigenvalue weighted by Gasteiger charge is -2.42. The van der Waals surface area contributed by atoms with E-state index in [9.17, 15) is 19.2 Å². The summed E-state index contributed by atoms with van der Waals surface area (Å²) in [5, 5.41) is 2.25. The maximum Gasteiger partial charge on any atom is 0.345 e. The lowest BCUT2D eigenvalue weighted by Crippen LogP contribution is -2.79. The number of benzene rings is 2. The van der Waals surface area contributed by atoms with E-state index in [4.69, 9.17) is 9.47 Å². The minimum atomic E-state index is -2.16. The van der Waals surface area contributed by atoms with Gasteiger partial charge < -0.3 is 14.8 Å². The molecule has 1 atom stereocenters. The van der Waals surface area contributed by atoms with Crippen molar-refractivity contribution < 1.29 is 28.7 Å². The number of Topliss-reactive ketones (excluding diaryl/α,β-unsaturated/α-hetero) is 1. The van der Waals surface area contributed by atoms with Crippen molar-refractivity contribution >= 4 is 23.6 Å². The molecule has 0 radical (unpaired) electrons. The summed E-state index contributed by atoms with van der Waals surface area (Å²) in [6.07, 6.45) is 0. The molecule has 0 saturated carbocycles. The predicted octanol–water partition coefficient (Wildman–Crippen LogP) is 1.55. The lowest BCUT2D eigenvalue weighted by molar-refractivity contribution is -0.185. The molecule has 0 aromatic heterocycles. The Kier molecular flexibility index (Phi) is 5.54. The van der Waals surface area contributed by atoms with E-state index in [1.165, 1.54) is 0 Å². The molecule has 1 fully saturated rings. The Balaban J connectivity index is 1.77. The summed E-state index contributed by atoms with van der Waals surface area (Å²) in [6, 6.07) is 17.7. The van der Waals surface area contributed by atoms with Gasteiger partial charge in [0.25, 0.3) is 5.54 Å². The molecule has 2 aromatic carbocycles. The largest absolute Gasteiger partial charge is 0.459 e. The van der Waals surface area contributed by atoms with Crippen LogP contribution < -0.4 is 5.32 Å². The first-order valence-electron chi connectivity index (χ1n) is 8.70. The molecule has 1 heterocycles. The monoisotopic (exact) mass is 381 g/mol. The van der Waals surface area contributed by atoms with Gasteiger partial charge in [0.2, 0.25) is 5.91 Å². The highest BCUT2D eigenvalue weighted by molar-refractivity contribution is 6.24. The normalized spacial score (nSPS) is 17.0. The van der Waals surface area contributed by atoms with Crippen LogP contribution in [0.5, 0.6) is 0 Å². The van der Waals surface area contributed by atoms with Crippen LogP contribution in [0.2, 0.25) is 0 Å². The third-order valence-corrected chi connectivity index (χ3v) is 4.49. The first-order chi connectivity index (χ1) is 13.4. The molecule has 3 rings (SSSR count). The van der Waals surface area contributed by atoms with Crippen molar-refractivity contribution in [3.8, 4) is 0 Å². The van der Waals surface area contributed by atoms with Crippen LogP contribution in [0.3, 0.4) is 0 Å². The summed E-state index contributed by atoms with van der Waals surface area (Å²) in [4.78, 5) is 49.3. The van der Waals surface area contributed by atoms with Gasteiger partial charge in [-0.1, -0.05) is 60.7 Å². The Morgan fingerprint density at radius 3 is 1.64 bits per heavy atom. The summed E-state index contributed by atoms with van der Waals surface area (Å²) < 4.78 is 10.5. The van der Waals surface area contributed by atoms with Gasteiger partial charge in [-0.15, -0.1) is 0 Å². The summed E-state index contributed by atoms with van der Waals surface area (Å²) in [5.41, 5.74) is -0.755. The number of ketones is 1. The standard InChI is InChI=1S/C21H19NO6/c1-14(23)17-18(24)22-21(17,19(25)27-12-15-8-4-2-5-9-15)20(26)28-13-16-10-6-3-7-11-16/h2-11,17H,12-13H2,1H3,(H,22,24). The van der Waals surface area contributed by atoms with E-state index in [2.05, 4.69) is 5.32 Å². The summed E-state index contributed by atoms with van der Waals surface area (Å²) in [5.74, 6) is -4.83.